The molecule has 0 heterocycles. The predicted molar refractivity (Wildman–Crippen MR) is 118 cm³/mol. The van der Waals surface area contributed by atoms with Crippen LogP contribution in [-0.4, -0.2) is 37.7 Å². The minimum absolute atomic E-state index is 0.0203. The van der Waals surface area contributed by atoms with Crippen LogP contribution in [0.2, 0.25) is 5.02 Å². The first-order valence-electron chi connectivity index (χ1n) is 9.69. The van der Waals surface area contributed by atoms with Gasteiger partial charge >= 0.3 is 5.97 Å². The Balaban J connectivity index is 1.58. The van der Waals surface area contributed by atoms with Crippen molar-refractivity contribution in [1.82, 2.24) is 5.32 Å². The predicted octanol–water partition coefficient (Wildman–Crippen LogP) is 3.88. The maximum atomic E-state index is 13.9. The van der Waals surface area contributed by atoms with Crippen LogP contribution in [0, 0.1) is 5.82 Å². The molecule has 168 valence electrons. The van der Waals surface area contributed by atoms with E-state index in [1.54, 1.807) is 36.4 Å². The summed E-state index contributed by atoms with van der Waals surface area (Å²) in [6.07, 6.45) is -0.0982. The standard InChI is InChI=1S/C23H21ClFNO5S/c24-17-3-1-2-16(12-17)22(27)14-26-11-10-15-4-6-18(7-5-15)32(30,31)19-8-9-20(23(28)29)21(25)13-19/h1-9,12-13,22,26-27H,10-11,14H2,(H,28,29). The Morgan fingerprint density at radius 1 is 1.03 bits per heavy atom. The summed E-state index contributed by atoms with van der Waals surface area (Å²) in [4.78, 5) is 10.6. The highest BCUT2D eigenvalue weighted by molar-refractivity contribution is 7.91. The number of carboxylic acid groups (broad SMARTS) is 1. The molecule has 9 heteroatoms. The number of hydrogen-bond acceptors (Lipinski definition) is 5. The zero-order chi connectivity index (χ0) is 23.3. The molecule has 3 aromatic carbocycles. The van der Waals surface area contributed by atoms with Crippen LogP contribution in [-0.2, 0) is 16.3 Å². The second-order valence-electron chi connectivity index (χ2n) is 7.12. The number of aliphatic hydroxyl groups is 1. The van der Waals surface area contributed by atoms with Gasteiger partial charge in [-0.3, -0.25) is 0 Å². The van der Waals surface area contributed by atoms with Crippen molar-refractivity contribution in [2.45, 2.75) is 22.3 Å². The van der Waals surface area contributed by atoms with Crippen LogP contribution >= 0.6 is 11.6 Å². The van der Waals surface area contributed by atoms with Crippen LogP contribution in [0.4, 0.5) is 4.39 Å². The molecule has 3 rings (SSSR count). The van der Waals surface area contributed by atoms with Gasteiger partial charge in [-0.15, -0.1) is 0 Å². The molecule has 3 aromatic rings. The lowest BCUT2D eigenvalue weighted by atomic mass is 10.1. The van der Waals surface area contributed by atoms with E-state index in [2.05, 4.69) is 5.32 Å². The van der Waals surface area contributed by atoms with Gasteiger partial charge < -0.3 is 15.5 Å². The van der Waals surface area contributed by atoms with Crippen LogP contribution in [0.15, 0.2) is 76.5 Å². The molecule has 0 bridgehead atoms. The topological polar surface area (TPSA) is 104 Å². The maximum absolute atomic E-state index is 13.9. The number of hydrogen-bond donors (Lipinski definition) is 3. The Morgan fingerprint density at radius 3 is 2.34 bits per heavy atom. The number of carboxylic acids is 1. The Morgan fingerprint density at radius 2 is 1.72 bits per heavy atom. The molecule has 0 spiro atoms. The van der Waals surface area contributed by atoms with Crippen molar-refractivity contribution in [3.63, 3.8) is 0 Å². The lowest BCUT2D eigenvalue weighted by Crippen LogP contribution is -2.23. The van der Waals surface area contributed by atoms with Gasteiger partial charge in [0.25, 0.3) is 0 Å². The molecule has 0 fully saturated rings. The lowest BCUT2D eigenvalue weighted by molar-refractivity contribution is 0.0691. The maximum Gasteiger partial charge on any atom is 0.338 e. The summed E-state index contributed by atoms with van der Waals surface area (Å²) in [5.74, 6) is -2.58. The number of carbonyl (C=O) groups is 1. The zero-order valence-electron chi connectivity index (χ0n) is 16.8. The van der Waals surface area contributed by atoms with E-state index in [9.17, 15) is 22.7 Å². The second kappa shape index (κ2) is 10.2. The molecule has 0 radical (unpaired) electrons. The number of halogens is 2. The smallest absolute Gasteiger partial charge is 0.338 e. The van der Waals surface area contributed by atoms with Crippen LogP contribution in [0.1, 0.15) is 27.6 Å². The SMILES string of the molecule is O=C(O)c1ccc(S(=O)(=O)c2ccc(CCNCC(O)c3cccc(Cl)c3)cc2)cc1F. The van der Waals surface area contributed by atoms with Crippen LogP contribution in [0.5, 0.6) is 0 Å². The van der Waals surface area contributed by atoms with Gasteiger partial charge in [-0.05, 0) is 66.6 Å². The third kappa shape index (κ3) is 5.72. The third-order valence-corrected chi connectivity index (χ3v) is 6.88. The number of aromatic carboxylic acids is 1. The van der Waals surface area contributed by atoms with E-state index in [1.807, 2.05) is 0 Å². The number of benzene rings is 3. The summed E-state index contributed by atoms with van der Waals surface area (Å²) in [5.41, 5.74) is 1.00. The molecule has 0 saturated carbocycles. The fourth-order valence-electron chi connectivity index (χ4n) is 3.11. The first-order valence-corrected chi connectivity index (χ1v) is 11.6. The summed E-state index contributed by atoms with van der Waals surface area (Å²) >= 11 is 5.92. The quantitative estimate of drug-likeness (QED) is 0.404. The van der Waals surface area contributed by atoms with Gasteiger partial charge in [0.15, 0.2) is 0 Å². The van der Waals surface area contributed by atoms with E-state index >= 15 is 0 Å². The summed E-state index contributed by atoms with van der Waals surface area (Å²) in [7, 11) is -3.98. The fraction of sp³-hybridized carbons (Fsp3) is 0.174. The van der Waals surface area contributed by atoms with E-state index in [1.165, 1.54) is 12.1 Å². The van der Waals surface area contributed by atoms with Crippen molar-refractivity contribution in [3.8, 4) is 0 Å². The molecule has 0 aliphatic heterocycles. The molecular formula is C23H21ClFNO5S. The molecule has 0 aliphatic carbocycles. The number of rotatable bonds is 9. The molecular weight excluding hydrogens is 457 g/mol. The average molecular weight is 478 g/mol. The van der Waals surface area contributed by atoms with Crippen LogP contribution in [0.3, 0.4) is 0 Å². The molecule has 0 aromatic heterocycles. The van der Waals surface area contributed by atoms with Gasteiger partial charge in [0.2, 0.25) is 9.84 Å². The second-order valence-corrected chi connectivity index (χ2v) is 9.51. The lowest BCUT2D eigenvalue weighted by Gasteiger charge is -2.13. The fourth-order valence-corrected chi connectivity index (χ4v) is 4.58. The Hall–Kier alpha value is -2.78. The number of aliphatic hydroxyl groups excluding tert-OH is 1. The van der Waals surface area contributed by atoms with Crippen molar-refractivity contribution in [2.24, 2.45) is 0 Å². The molecule has 0 amide bonds. The third-order valence-electron chi connectivity index (χ3n) is 4.88. The summed E-state index contributed by atoms with van der Waals surface area (Å²) in [5, 5.41) is 22.8. The zero-order valence-corrected chi connectivity index (χ0v) is 18.4. The molecule has 1 unspecified atom stereocenters. The normalized spacial score (nSPS) is 12.5. The molecule has 6 nitrogen and oxygen atoms in total. The van der Waals surface area contributed by atoms with Crippen molar-refractivity contribution in [3.05, 3.63) is 94.3 Å². The van der Waals surface area contributed by atoms with Crippen molar-refractivity contribution in [1.29, 1.82) is 0 Å². The molecule has 3 N–H and O–H groups in total. The molecule has 32 heavy (non-hydrogen) atoms. The van der Waals surface area contributed by atoms with E-state index in [0.717, 1.165) is 17.7 Å². The average Bonchev–Trinajstić information content (AvgIpc) is 2.76. The molecule has 0 aliphatic rings. The number of sulfone groups is 1. The van der Waals surface area contributed by atoms with E-state index in [-0.39, 0.29) is 9.79 Å². The first-order chi connectivity index (χ1) is 15.2. The van der Waals surface area contributed by atoms with Gasteiger partial charge in [0.1, 0.15) is 5.82 Å². The summed E-state index contributed by atoms with van der Waals surface area (Å²) in [6, 6.07) is 15.9. The van der Waals surface area contributed by atoms with Crippen LogP contribution in [0.25, 0.3) is 0 Å². The first kappa shape index (κ1) is 23.9. The van der Waals surface area contributed by atoms with Crippen LogP contribution < -0.4 is 5.32 Å². The monoisotopic (exact) mass is 477 g/mol. The summed E-state index contributed by atoms with van der Waals surface area (Å²) in [6.45, 7) is 0.899. The van der Waals surface area contributed by atoms with Gasteiger partial charge in [0.05, 0.1) is 21.5 Å². The van der Waals surface area contributed by atoms with E-state index < -0.39 is 33.3 Å². The van der Waals surface area contributed by atoms with Gasteiger partial charge in [-0.25, -0.2) is 17.6 Å². The Kier molecular flexibility index (Phi) is 7.63. The highest BCUT2D eigenvalue weighted by Crippen LogP contribution is 2.23. The highest BCUT2D eigenvalue weighted by atomic mass is 35.5. The van der Waals surface area contributed by atoms with Gasteiger partial charge in [0, 0.05) is 11.6 Å². The largest absolute Gasteiger partial charge is 0.478 e. The highest BCUT2D eigenvalue weighted by Gasteiger charge is 2.21. The Bertz CT molecular complexity index is 1220. The van der Waals surface area contributed by atoms with E-state index in [4.69, 9.17) is 16.7 Å². The van der Waals surface area contributed by atoms with Crippen molar-refractivity contribution >= 4 is 27.4 Å². The Labute approximate surface area is 190 Å². The molecule has 0 saturated heterocycles. The van der Waals surface area contributed by atoms with Gasteiger partial charge in [-0.2, -0.15) is 0 Å². The number of nitrogens with one attached hydrogen (secondary N) is 1. The van der Waals surface area contributed by atoms with Crippen molar-refractivity contribution in [2.75, 3.05) is 13.1 Å². The summed E-state index contributed by atoms with van der Waals surface area (Å²) < 4.78 is 39.3. The van der Waals surface area contributed by atoms with E-state index in [0.29, 0.717) is 36.2 Å². The minimum Gasteiger partial charge on any atom is -0.478 e. The van der Waals surface area contributed by atoms with Gasteiger partial charge in [-0.1, -0.05) is 35.9 Å². The molecule has 1 atom stereocenters. The minimum atomic E-state index is -3.98. The van der Waals surface area contributed by atoms with Crippen molar-refractivity contribution < 1.29 is 27.8 Å².